The van der Waals surface area contributed by atoms with E-state index in [0.29, 0.717) is 37.7 Å². The van der Waals surface area contributed by atoms with Crippen LogP contribution in [0.2, 0.25) is 0 Å². The molecule has 0 bridgehead atoms. The minimum atomic E-state index is -0.0296. The van der Waals surface area contributed by atoms with Gasteiger partial charge in [0.15, 0.2) is 0 Å². The summed E-state index contributed by atoms with van der Waals surface area (Å²) in [6.45, 7) is 1.24. The van der Waals surface area contributed by atoms with Crippen LogP contribution in [-0.2, 0) is 16.0 Å². The maximum atomic E-state index is 11.8. The first-order valence-corrected chi connectivity index (χ1v) is 9.00. The van der Waals surface area contributed by atoms with Gasteiger partial charge in [0, 0.05) is 38.7 Å². The third kappa shape index (κ3) is 5.49. The average molecular weight is 365 g/mol. The molecule has 0 atom stereocenters. The fourth-order valence-corrected chi connectivity index (χ4v) is 2.67. The first-order valence-electron chi connectivity index (χ1n) is 9.00. The Kier molecular flexibility index (Phi) is 6.71. The van der Waals surface area contributed by atoms with Gasteiger partial charge in [-0.25, -0.2) is 0 Å². The molecule has 1 aromatic heterocycles. The second-order valence-electron chi connectivity index (χ2n) is 6.15. The van der Waals surface area contributed by atoms with Gasteiger partial charge in [0.1, 0.15) is 0 Å². The van der Waals surface area contributed by atoms with Crippen molar-refractivity contribution in [2.24, 2.45) is 0 Å². The molecule has 0 aliphatic carbocycles. The van der Waals surface area contributed by atoms with E-state index in [0.717, 1.165) is 23.1 Å². The predicted molar refractivity (Wildman–Crippen MR) is 103 cm³/mol. The summed E-state index contributed by atoms with van der Waals surface area (Å²) in [7, 11) is 1.64. The monoisotopic (exact) mass is 365 g/mol. The predicted octanol–water partition coefficient (Wildman–Crippen LogP) is 3.49. The lowest BCUT2D eigenvalue weighted by molar-refractivity contribution is -0.121. The van der Waals surface area contributed by atoms with Crippen molar-refractivity contribution in [1.29, 1.82) is 0 Å². The zero-order valence-corrected chi connectivity index (χ0v) is 15.4. The lowest BCUT2D eigenvalue weighted by atomic mass is 10.0. The molecule has 140 valence electrons. The molecule has 1 amide bonds. The van der Waals surface area contributed by atoms with Crippen LogP contribution in [0.25, 0.3) is 22.5 Å². The van der Waals surface area contributed by atoms with Gasteiger partial charge in [-0.3, -0.25) is 4.79 Å². The van der Waals surface area contributed by atoms with Crippen LogP contribution >= 0.6 is 0 Å². The van der Waals surface area contributed by atoms with E-state index in [1.165, 1.54) is 0 Å². The molecule has 1 heterocycles. The summed E-state index contributed by atoms with van der Waals surface area (Å²) in [4.78, 5) is 16.2. The summed E-state index contributed by atoms with van der Waals surface area (Å²) >= 11 is 0. The maximum absolute atomic E-state index is 11.8. The van der Waals surface area contributed by atoms with Crippen molar-refractivity contribution in [3.05, 3.63) is 60.5 Å². The van der Waals surface area contributed by atoms with Gasteiger partial charge in [-0.1, -0.05) is 59.8 Å². The molecule has 6 heteroatoms. The quantitative estimate of drug-likeness (QED) is 0.587. The number of carbonyl (C=O) groups is 1. The molecule has 0 saturated heterocycles. The SMILES string of the molecule is COCCCNC(=O)CCc1nc(-c2ccc(-c3ccccc3)cc2)no1. The van der Waals surface area contributed by atoms with Crippen LogP contribution in [0.1, 0.15) is 18.7 Å². The molecule has 0 saturated carbocycles. The molecule has 0 spiro atoms. The van der Waals surface area contributed by atoms with E-state index in [-0.39, 0.29) is 5.91 Å². The number of ether oxygens (including phenoxy) is 1. The third-order valence-electron chi connectivity index (χ3n) is 4.13. The van der Waals surface area contributed by atoms with Crippen LogP contribution < -0.4 is 5.32 Å². The van der Waals surface area contributed by atoms with Crippen molar-refractivity contribution >= 4 is 5.91 Å². The molecular weight excluding hydrogens is 342 g/mol. The van der Waals surface area contributed by atoms with Gasteiger partial charge in [0.2, 0.25) is 17.6 Å². The summed E-state index contributed by atoms with van der Waals surface area (Å²) in [5.74, 6) is 0.965. The Morgan fingerprint density at radius 3 is 2.48 bits per heavy atom. The number of aryl methyl sites for hydroxylation is 1. The number of carbonyl (C=O) groups excluding carboxylic acids is 1. The van der Waals surface area contributed by atoms with Gasteiger partial charge in [-0.05, 0) is 17.5 Å². The molecule has 3 aromatic rings. The van der Waals surface area contributed by atoms with Gasteiger partial charge in [0.25, 0.3) is 0 Å². The Hall–Kier alpha value is -2.99. The van der Waals surface area contributed by atoms with E-state index in [1.54, 1.807) is 7.11 Å². The zero-order valence-electron chi connectivity index (χ0n) is 15.4. The van der Waals surface area contributed by atoms with Crippen molar-refractivity contribution in [3.63, 3.8) is 0 Å². The summed E-state index contributed by atoms with van der Waals surface area (Å²) in [5, 5.41) is 6.86. The average Bonchev–Trinajstić information content (AvgIpc) is 3.20. The van der Waals surface area contributed by atoms with Crippen molar-refractivity contribution in [1.82, 2.24) is 15.5 Å². The van der Waals surface area contributed by atoms with Gasteiger partial charge in [0.05, 0.1) is 0 Å². The Morgan fingerprint density at radius 1 is 1.04 bits per heavy atom. The number of hydrogen-bond acceptors (Lipinski definition) is 5. The minimum Gasteiger partial charge on any atom is -0.385 e. The largest absolute Gasteiger partial charge is 0.385 e. The highest BCUT2D eigenvalue weighted by Gasteiger charge is 2.11. The number of nitrogens with one attached hydrogen (secondary N) is 1. The first-order chi connectivity index (χ1) is 13.3. The van der Waals surface area contributed by atoms with E-state index in [1.807, 2.05) is 42.5 Å². The number of rotatable bonds is 9. The van der Waals surface area contributed by atoms with E-state index in [4.69, 9.17) is 9.26 Å². The Morgan fingerprint density at radius 2 is 1.74 bits per heavy atom. The molecule has 0 fully saturated rings. The topological polar surface area (TPSA) is 77.2 Å². The highest BCUT2D eigenvalue weighted by atomic mass is 16.5. The van der Waals surface area contributed by atoms with Gasteiger partial charge in [-0.2, -0.15) is 4.98 Å². The lowest BCUT2D eigenvalue weighted by Crippen LogP contribution is -2.25. The molecule has 3 rings (SSSR count). The smallest absolute Gasteiger partial charge is 0.227 e. The van der Waals surface area contributed by atoms with E-state index >= 15 is 0 Å². The molecule has 0 unspecified atom stereocenters. The van der Waals surface area contributed by atoms with Crippen LogP contribution in [0.15, 0.2) is 59.1 Å². The van der Waals surface area contributed by atoms with Gasteiger partial charge >= 0.3 is 0 Å². The van der Waals surface area contributed by atoms with Crippen LogP contribution in [0.4, 0.5) is 0 Å². The molecule has 6 nitrogen and oxygen atoms in total. The van der Waals surface area contributed by atoms with Crippen LogP contribution in [-0.4, -0.2) is 36.3 Å². The van der Waals surface area contributed by atoms with Gasteiger partial charge < -0.3 is 14.6 Å². The maximum Gasteiger partial charge on any atom is 0.227 e. The van der Waals surface area contributed by atoms with Gasteiger partial charge in [-0.15, -0.1) is 0 Å². The van der Waals surface area contributed by atoms with Crippen LogP contribution in [0, 0.1) is 0 Å². The summed E-state index contributed by atoms with van der Waals surface area (Å²) in [5.41, 5.74) is 3.18. The number of amides is 1. The van der Waals surface area contributed by atoms with Crippen molar-refractivity contribution in [3.8, 4) is 22.5 Å². The fraction of sp³-hybridized carbons (Fsp3) is 0.286. The minimum absolute atomic E-state index is 0.0296. The molecule has 27 heavy (non-hydrogen) atoms. The van der Waals surface area contributed by atoms with Crippen molar-refractivity contribution in [2.75, 3.05) is 20.3 Å². The van der Waals surface area contributed by atoms with Crippen molar-refractivity contribution in [2.45, 2.75) is 19.3 Å². The number of methoxy groups -OCH3 is 1. The number of aromatic nitrogens is 2. The Bertz CT molecular complexity index is 845. The molecule has 2 aromatic carbocycles. The summed E-state index contributed by atoms with van der Waals surface area (Å²) in [6, 6.07) is 18.2. The van der Waals surface area contributed by atoms with Crippen LogP contribution in [0.5, 0.6) is 0 Å². The number of hydrogen-bond donors (Lipinski definition) is 1. The Labute approximate surface area is 158 Å². The van der Waals surface area contributed by atoms with E-state index < -0.39 is 0 Å². The van der Waals surface area contributed by atoms with Crippen molar-refractivity contribution < 1.29 is 14.1 Å². The second-order valence-corrected chi connectivity index (χ2v) is 6.15. The third-order valence-corrected chi connectivity index (χ3v) is 4.13. The fourth-order valence-electron chi connectivity index (χ4n) is 2.67. The number of benzene rings is 2. The zero-order chi connectivity index (χ0) is 18.9. The normalized spacial score (nSPS) is 10.7. The highest BCUT2D eigenvalue weighted by molar-refractivity contribution is 5.76. The first kappa shape index (κ1) is 18.8. The summed E-state index contributed by atoms with van der Waals surface area (Å²) < 4.78 is 10.2. The molecular formula is C21H23N3O3. The lowest BCUT2D eigenvalue weighted by Gasteiger charge is -2.03. The standard InChI is InChI=1S/C21H23N3O3/c1-26-15-5-14-22-19(25)12-13-20-23-21(24-27-20)18-10-8-17(9-11-18)16-6-3-2-4-7-16/h2-4,6-11H,5,12-15H2,1H3,(H,22,25). The molecule has 0 aliphatic heterocycles. The number of nitrogens with zero attached hydrogens (tertiary/aromatic N) is 2. The summed E-state index contributed by atoms with van der Waals surface area (Å²) in [6.07, 6.45) is 1.54. The highest BCUT2D eigenvalue weighted by Crippen LogP contribution is 2.23. The molecule has 0 radical (unpaired) electrons. The van der Waals surface area contributed by atoms with Crippen LogP contribution in [0.3, 0.4) is 0 Å². The molecule has 1 N–H and O–H groups in total. The second kappa shape index (κ2) is 9.64. The Balaban J connectivity index is 1.54. The molecule has 0 aliphatic rings. The van der Waals surface area contributed by atoms with E-state index in [9.17, 15) is 4.79 Å². The van der Waals surface area contributed by atoms with E-state index in [2.05, 4.69) is 27.6 Å².